The molecule has 116 valence electrons. The van der Waals surface area contributed by atoms with E-state index in [4.69, 9.17) is 0 Å². The molecular weight excluding hydrogens is 282 g/mol. The van der Waals surface area contributed by atoms with Crippen LogP contribution >= 0.6 is 0 Å². The topological polar surface area (TPSA) is 78.5 Å². The maximum atomic E-state index is 12.6. The zero-order valence-electron chi connectivity index (χ0n) is 12.7. The molecule has 0 radical (unpaired) electrons. The third-order valence-electron chi connectivity index (χ3n) is 3.65. The van der Waals surface area contributed by atoms with Crippen molar-refractivity contribution in [1.82, 2.24) is 15.5 Å². The molecule has 1 aromatic rings. The molecule has 0 aromatic heterocycles. The highest BCUT2D eigenvalue weighted by atomic mass is 16.2. The fourth-order valence-electron chi connectivity index (χ4n) is 2.31. The smallest absolute Gasteiger partial charge is 0.325 e. The maximum Gasteiger partial charge on any atom is 0.325 e. The van der Waals surface area contributed by atoms with Gasteiger partial charge >= 0.3 is 6.03 Å². The molecule has 0 bridgehead atoms. The Morgan fingerprint density at radius 1 is 1.36 bits per heavy atom. The Labute approximate surface area is 129 Å². The fourth-order valence-corrected chi connectivity index (χ4v) is 2.31. The van der Waals surface area contributed by atoms with E-state index in [0.717, 1.165) is 10.5 Å². The lowest BCUT2D eigenvalue weighted by molar-refractivity contribution is -0.134. The van der Waals surface area contributed by atoms with Gasteiger partial charge in [-0.05, 0) is 19.4 Å². The summed E-state index contributed by atoms with van der Waals surface area (Å²) in [6, 6.07) is 6.78. The molecule has 1 heterocycles. The number of aryl methyl sites for hydroxylation is 1. The first kappa shape index (κ1) is 15.8. The Balaban J connectivity index is 2.18. The third kappa shape index (κ3) is 2.86. The predicted molar refractivity (Wildman–Crippen MR) is 82.0 cm³/mol. The Morgan fingerprint density at radius 2 is 2.00 bits per heavy atom. The van der Waals surface area contributed by atoms with E-state index in [1.165, 1.54) is 6.08 Å². The van der Waals surface area contributed by atoms with E-state index >= 15 is 0 Å². The van der Waals surface area contributed by atoms with E-state index in [-0.39, 0.29) is 13.1 Å². The number of carbonyl (C=O) groups excluding carboxylic acids is 3. The van der Waals surface area contributed by atoms with Crippen molar-refractivity contribution in [3.05, 3.63) is 48.0 Å². The number of hydrogen-bond donors (Lipinski definition) is 2. The normalized spacial score (nSPS) is 20.7. The summed E-state index contributed by atoms with van der Waals surface area (Å²) in [7, 11) is 0. The lowest BCUT2D eigenvalue weighted by Gasteiger charge is -2.22. The Kier molecular flexibility index (Phi) is 4.30. The van der Waals surface area contributed by atoms with E-state index in [2.05, 4.69) is 17.2 Å². The fraction of sp³-hybridized carbons (Fsp3) is 0.312. The average molecular weight is 301 g/mol. The van der Waals surface area contributed by atoms with E-state index < -0.39 is 23.4 Å². The third-order valence-corrected chi connectivity index (χ3v) is 3.65. The molecule has 6 nitrogen and oxygen atoms in total. The number of imide groups is 1. The first-order chi connectivity index (χ1) is 10.4. The number of carbonyl (C=O) groups is 3. The van der Waals surface area contributed by atoms with Gasteiger partial charge in [-0.2, -0.15) is 0 Å². The van der Waals surface area contributed by atoms with Gasteiger partial charge in [0.25, 0.3) is 5.91 Å². The summed E-state index contributed by atoms with van der Waals surface area (Å²) in [4.78, 5) is 37.3. The van der Waals surface area contributed by atoms with Gasteiger partial charge in [0.2, 0.25) is 5.91 Å². The molecule has 0 saturated carbocycles. The highest BCUT2D eigenvalue weighted by molar-refractivity contribution is 6.09. The zero-order chi connectivity index (χ0) is 16.3. The van der Waals surface area contributed by atoms with Gasteiger partial charge in [-0.25, -0.2) is 4.79 Å². The van der Waals surface area contributed by atoms with Crippen molar-refractivity contribution in [3.8, 4) is 0 Å². The summed E-state index contributed by atoms with van der Waals surface area (Å²) < 4.78 is 0. The molecule has 1 saturated heterocycles. The number of benzene rings is 1. The van der Waals surface area contributed by atoms with Crippen LogP contribution in [0.25, 0.3) is 0 Å². The monoisotopic (exact) mass is 301 g/mol. The molecule has 1 aromatic carbocycles. The van der Waals surface area contributed by atoms with Crippen LogP contribution in [0.3, 0.4) is 0 Å². The highest BCUT2D eigenvalue weighted by Gasteiger charge is 2.49. The Morgan fingerprint density at radius 3 is 2.59 bits per heavy atom. The minimum Gasteiger partial charge on any atom is -0.351 e. The molecular formula is C16H19N3O3. The molecule has 22 heavy (non-hydrogen) atoms. The molecule has 1 aliphatic rings. The zero-order valence-corrected chi connectivity index (χ0v) is 12.7. The summed E-state index contributed by atoms with van der Waals surface area (Å²) in [6.45, 7) is 7.05. The van der Waals surface area contributed by atoms with Crippen molar-refractivity contribution in [2.45, 2.75) is 19.4 Å². The van der Waals surface area contributed by atoms with Crippen molar-refractivity contribution in [3.63, 3.8) is 0 Å². The summed E-state index contributed by atoms with van der Waals surface area (Å²) >= 11 is 0. The van der Waals surface area contributed by atoms with E-state index in [1.54, 1.807) is 19.1 Å². The minimum atomic E-state index is -1.15. The molecule has 4 amide bonds. The molecule has 0 unspecified atom stereocenters. The van der Waals surface area contributed by atoms with Crippen molar-refractivity contribution in [2.24, 2.45) is 0 Å². The molecule has 2 N–H and O–H groups in total. The van der Waals surface area contributed by atoms with Crippen LogP contribution in [0, 0.1) is 6.92 Å². The number of nitrogens with zero attached hydrogens (tertiary/aromatic N) is 1. The molecule has 0 aliphatic carbocycles. The molecule has 6 heteroatoms. The van der Waals surface area contributed by atoms with E-state index in [0.29, 0.717) is 5.56 Å². The number of hydrogen-bond acceptors (Lipinski definition) is 3. The van der Waals surface area contributed by atoms with Crippen molar-refractivity contribution in [1.29, 1.82) is 0 Å². The van der Waals surface area contributed by atoms with Gasteiger partial charge in [0, 0.05) is 6.54 Å². The molecule has 1 atom stereocenters. The van der Waals surface area contributed by atoms with Gasteiger partial charge < -0.3 is 10.6 Å². The molecule has 1 fully saturated rings. The predicted octanol–water partition coefficient (Wildman–Crippen LogP) is 1.06. The molecule has 2 rings (SSSR count). The second kappa shape index (κ2) is 6.01. The lowest BCUT2D eigenvalue weighted by Crippen LogP contribution is -2.43. The number of amides is 4. The van der Waals surface area contributed by atoms with Gasteiger partial charge in [-0.1, -0.05) is 35.9 Å². The van der Waals surface area contributed by atoms with Crippen molar-refractivity contribution >= 4 is 17.8 Å². The first-order valence-corrected chi connectivity index (χ1v) is 6.97. The number of nitrogens with one attached hydrogen (secondary N) is 2. The lowest BCUT2D eigenvalue weighted by atomic mass is 9.91. The number of urea groups is 1. The van der Waals surface area contributed by atoms with Crippen molar-refractivity contribution in [2.75, 3.05) is 13.1 Å². The average Bonchev–Trinajstić information content (AvgIpc) is 2.70. The Hall–Kier alpha value is -2.63. The Bertz CT molecular complexity index is 624. The van der Waals surface area contributed by atoms with Gasteiger partial charge in [0.05, 0.1) is 0 Å². The van der Waals surface area contributed by atoms with E-state index in [9.17, 15) is 14.4 Å². The van der Waals surface area contributed by atoms with Gasteiger partial charge in [-0.3, -0.25) is 14.5 Å². The van der Waals surface area contributed by atoms with Crippen molar-refractivity contribution < 1.29 is 14.4 Å². The summed E-state index contributed by atoms with van der Waals surface area (Å²) in [6.07, 6.45) is 1.53. The molecule has 1 aliphatic heterocycles. The summed E-state index contributed by atoms with van der Waals surface area (Å²) in [5.74, 6) is -0.841. The summed E-state index contributed by atoms with van der Waals surface area (Å²) in [5, 5.41) is 5.21. The van der Waals surface area contributed by atoms with Crippen LogP contribution in [0.2, 0.25) is 0 Å². The molecule has 0 spiro atoms. The van der Waals surface area contributed by atoms with Gasteiger partial charge in [0.1, 0.15) is 12.1 Å². The maximum absolute atomic E-state index is 12.6. The van der Waals surface area contributed by atoms with E-state index in [1.807, 2.05) is 19.1 Å². The largest absolute Gasteiger partial charge is 0.351 e. The highest BCUT2D eigenvalue weighted by Crippen LogP contribution is 2.28. The van der Waals surface area contributed by atoms with Crippen LogP contribution in [0.4, 0.5) is 4.79 Å². The SMILES string of the molecule is C=CCNC(=O)CN1C(=O)N[C@@](C)(c2ccc(C)cc2)C1=O. The summed E-state index contributed by atoms with van der Waals surface area (Å²) in [5.41, 5.74) is 0.596. The van der Waals surface area contributed by atoms with Crippen LogP contribution in [0.15, 0.2) is 36.9 Å². The standard InChI is InChI=1S/C16H19N3O3/c1-4-9-17-13(20)10-19-14(21)16(3,18-15(19)22)12-7-5-11(2)6-8-12/h4-8H,1,9-10H2,2-3H3,(H,17,20)(H,18,22)/t16-/m0/s1. The van der Waals surface area contributed by atoms with Gasteiger partial charge in [0.15, 0.2) is 0 Å². The number of rotatable bonds is 5. The van der Waals surface area contributed by atoms with Crippen LogP contribution in [0.5, 0.6) is 0 Å². The van der Waals surface area contributed by atoms with Crippen LogP contribution < -0.4 is 10.6 Å². The van der Waals surface area contributed by atoms with Crippen LogP contribution in [-0.4, -0.2) is 35.8 Å². The first-order valence-electron chi connectivity index (χ1n) is 6.97. The van der Waals surface area contributed by atoms with Gasteiger partial charge in [-0.15, -0.1) is 6.58 Å². The second-order valence-corrected chi connectivity index (χ2v) is 5.41. The van der Waals surface area contributed by atoms with Crippen LogP contribution in [-0.2, 0) is 15.1 Å². The quantitative estimate of drug-likeness (QED) is 0.630. The van der Waals surface area contributed by atoms with Crippen LogP contribution in [0.1, 0.15) is 18.1 Å². The second-order valence-electron chi connectivity index (χ2n) is 5.41. The minimum absolute atomic E-state index is 0.289.